The number of carboxylic acid groups (broad SMARTS) is 1. The minimum absolute atomic E-state index is 0.0295. The summed E-state index contributed by atoms with van der Waals surface area (Å²) in [5.41, 5.74) is 1.06. The van der Waals surface area contributed by atoms with Crippen LogP contribution in [0.25, 0.3) is 33.5 Å². The van der Waals surface area contributed by atoms with Crippen molar-refractivity contribution in [1.82, 2.24) is 9.66 Å². The first-order valence-corrected chi connectivity index (χ1v) is 12.0. The molecule has 5 rings (SSSR count). The summed E-state index contributed by atoms with van der Waals surface area (Å²) in [4.78, 5) is 29.3. The number of hydrogen-bond donors (Lipinski definition) is 1. The third-order valence-electron chi connectivity index (χ3n) is 5.70. The highest BCUT2D eigenvalue weighted by atomic mass is 35.5. The fourth-order valence-electron chi connectivity index (χ4n) is 3.83. The lowest BCUT2D eigenvalue weighted by atomic mass is 10.2. The van der Waals surface area contributed by atoms with E-state index in [1.165, 1.54) is 25.3 Å². The molecule has 0 fully saturated rings. The summed E-state index contributed by atoms with van der Waals surface area (Å²) in [5.74, 6) is -0.0365. The molecule has 0 aliphatic carbocycles. The Morgan fingerprint density at radius 1 is 1.11 bits per heavy atom. The molecule has 1 atom stereocenters. The van der Waals surface area contributed by atoms with E-state index < -0.39 is 17.6 Å². The lowest BCUT2D eigenvalue weighted by molar-refractivity contribution is -0.144. The highest BCUT2D eigenvalue weighted by Crippen LogP contribution is 2.35. The summed E-state index contributed by atoms with van der Waals surface area (Å²) in [6.07, 6.45) is 0.226. The first kappa shape index (κ1) is 25.3. The molecule has 0 aliphatic heterocycles. The quantitative estimate of drug-likeness (QED) is 0.252. The van der Waals surface area contributed by atoms with Gasteiger partial charge >= 0.3 is 5.97 Å². The Kier molecular flexibility index (Phi) is 6.79. The van der Waals surface area contributed by atoms with Gasteiger partial charge in [-0.2, -0.15) is 9.78 Å². The van der Waals surface area contributed by atoms with Crippen LogP contribution in [-0.2, 0) is 4.79 Å². The molecule has 0 saturated heterocycles. The van der Waals surface area contributed by atoms with E-state index >= 15 is 0 Å². The molecule has 0 amide bonds. The van der Waals surface area contributed by atoms with Gasteiger partial charge in [0.25, 0.3) is 5.56 Å². The number of halogens is 2. The lowest BCUT2D eigenvalue weighted by Gasteiger charge is -2.14. The van der Waals surface area contributed by atoms with Gasteiger partial charge in [0.15, 0.2) is 17.6 Å². The maximum Gasteiger partial charge on any atom is 0.344 e. The van der Waals surface area contributed by atoms with Crippen molar-refractivity contribution in [2.75, 3.05) is 7.11 Å². The fraction of sp³-hybridized carbons (Fsp3) is 0.111. The van der Waals surface area contributed by atoms with E-state index in [1.807, 2.05) is 0 Å². The van der Waals surface area contributed by atoms with E-state index in [0.29, 0.717) is 38.9 Å². The number of furan rings is 1. The first-order chi connectivity index (χ1) is 18.3. The first-order valence-electron chi connectivity index (χ1n) is 11.3. The van der Waals surface area contributed by atoms with Crippen LogP contribution in [0, 0.1) is 0 Å². The number of nitrogens with zero attached hydrogens (tertiary/aromatic N) is 3. The van der Waals surface area contributed by atoms with Crippen molar-refractivity contribution in [2.24, 2.45) is 5.10 Å². The number of para-hydroxylation sites is 1. The molecular weight excluding hydrogens is 533 g/mol. The number of methoxy groups -OCH3 is 1. The Hall–Kier alpha value is -4.34. The zero-order valence-electron chi connectivity index (χ0n) is 20.0. The summed E-state index contributed by atoms with van der Waals surface area (Å²) < 4.78 is 17.9. The molecule has 9 nitrogen and oxygen atoms in total. The van der Waals surface area contributed by atoms with Crippen LogP contribution in [-0.4, -0.2) is 40.2 Å². The van der Waals surface area contributed by atoms with Crippen LogP contribution in [0.4, 0.5) is 0 Å². The van der Waals surface area contributed by atoms with Crippen molar-refractivity contribution in [3.8, 4) is 23.1 Å². The number of fused-ring (bicyclic) bond motifs is 2. The number of hydrogen-bond acceptors (Lipinski definition) is 7. The molecule has 11 heteroatoms. The molecule has 0 bridgehead atoms. The van der Waals surface area contributed by atoms with Crippen molar-refractivity contribution in [2.45, 2.75) is 13.0 Å². The topological polar surface area (TPSA) is 116 Å². The zero-order valence-corrected chi connectivity index (χ0v) is 21.5. The highest BCUT2D eigenvalue weighted by Gasteiger charge is 2.19. The smallest absolute Gasteiger partial charge is 0.344 e. The molecule has 0 spiro atoms. The SMILES string of the molecule is COc1cccc2oc(-c3nc4ccccc4c(=O)n3N=Cc3cc(Cl)c(O[C@@H](C)C(=O)O)c(Cl)c3)cc12. The van der Waals surface area contributed by atoms with Crippen LogP contribution >= 0.6 is 23.2 Å². The van der Waals surface area contributed by atoms with Gasteiger partial charge in [0.1, 0.15) is 11.3 Å². The van der Waals surface area contributed by atoms with E-state index in [1.54, 1.807) is 55.6 Å². The summed E-state index contributed by atoms with van der Waals surface area (Å²) in [5, 5.41) is 14.7. The average molecular weight is 552 g/mol. The minimum atomic E-state index is -1.17. The van der Waals surface area contributed by atoms with Crippen LogP contribution in [0.1, 0.15) is 12.5 Å². The molecule has 192 valence electrons. The highest BCUT2D eigenvalue weighted by molar-refractivity contribution is 6.37. The molecule has 2 heterocycles. The molecule has 0 saturated carbocycles. The van der Waals surface area contributed by atoms with E-state index in [2.05, 4.69) is 10.1 Å². The molecule has 0 aliphatic rings. The molecule has 5 aromatic rings. The number of ether oxygens (including phenoxy) is 2. The van der Waals surface area contributed by atoms with Crippen LogP contribution in [0.3, 0.4) is 0 Å². The van der Waals surface area contributed by atoms with Crippen molar-refractivity contribution in [3.05, 3.63) is 86.6 Å². The van der Waals surface area contributed by atoms with Gasteiger partial charge in [-0.3, -0.25) is 4.79 Å². The maximum absolute atomic E-state index is 13.5. The molecular formula is C27H19Cl2N3O6. The van der Waals surface area contributed by atoms with Gasteiger partial charge in [0.05, 0.1) is 39.7 Å². The predicted molar refractivity (Wildman–Crippen MR) is 145 cm³/mol. The van der Waals surface area contributed by atoms with Crippen LogP contribution in [0.15, 0.2) is 75.0 Å². The van der Waals surface area contributed by atoms with Gasteiger partial charge in [-0.05, 0) is 55.0 Å². The van der Waals surface area contributed by atoms with E-state index in [-0.39, 0.29) is 21.6 Å². The maximum atomic E-state index is 13.5. The fourth-order valence-corrected chi connectivity index (χ4v) is 4.42. The molecule has 1 N–H and O–H groups in total. The van der Waals surface area contributed by atoms with Crippen LogP contribution in [0.2, 0.25) is 10.0 Å². The lowest BCUT2D eigenvalue weighted by Crippen LogP contribution is -2.23. The minimum Gasteiger partial charge on any atom is -0.496 e. The molecule has 38 heavy (non-hydrogen) atoms. The summed E-state index contributed by atoms with van der Waals surface area (Å²) in [6.45, 7) is 1.36. The van der Waals surface area contributed by atoms with Crippen molar-refractivity contribution >= 4 is 57.3 Å². The Balaban J connectivity index is 1.63. The van der Waals surface area contributed by atoms with Gasteiger partial charge in [-0.15, -0.1) is 0 Å². The number of carboxylic acids is 1. The van der Waals surface area contributed by atoms with Crippen molar-refractivity contribution in [3.63, 3.8) is 0 Å². The third-order valence-corrected chi connectivity index (χ3v) is 6.26. The van der Waals surface area contributed by atoms with E-state index in [4.69, 9.17) is 42.2 Å². The standard InChI is InChI=1S/C27H19Cl2N3O6/c1-14(27(34)35)37-24-18(28)10-15(11-19(24)29)13-30-32-25(31-20-7-4-3-6-16(20)26(32)33)23-12-17-21(36-2)8-5-9-22(17)38-23/h3-14H,1-2H3,(H,34,35)/t14-/m0/s1. The normalized spacial score (nSPS) is 12.3. The molecule has 3 aromatic carbocycles. The predicted octanol–water partition coefficient (Wildman–Crippen LogP) is 5.86. The number of benzene rings is 3. The van der Waals surface area contributed by atoms with Gasteiger partial charge in [-0.25, -0.2) is 9.78 Å². The van der Waals surface area contributed by atoms with Crippen molar-refractivity contribution in [1.29, 1.82) is 0 Å². The largest absolute Gasteiger partial charge is 0.496 e. The summed E-state index contributed by atoms with van der Waals surface area (Å²) in [7, 11) is 1.56. The number of rotatable bonds is 7. The van der Waals surface area contributed by atoms with Gasteiger partial charge in [0, 0.05) is 0 Å². The monoisotopic (exact) mass is 551 g/mol. The Morgan fingerprint density at radius 2 is 1.84 bits per heavy atom. The van der Waals surface area contributed by atoms with E-state index in [0.717, 1.165) is 4.68 Å². The van der Waals surface area contributed by atoms with Crippen molar-refractivity contribution < 1.29 is 23.8 Å². The zero-order chi connectivity index (χ0) is 27.0. The summed E-state index contributed by atoms with van der Waals surface area (Å²) in [6, 6.07) is 17.0. The van der Waals surface area contributed by atoms with E-state index in [9.17, 15) is 9.59 Å². The molecule has 0 unspecified atom stereocenters. The number of carbonyl (C=O) groups is 1. The second-order valence-corrected chi connectivity index (χ2v) is 9.02. The van der Waals surface area contributed by atoms with Crippen LogP contribution in [0.5, 0.6) is 11.5 Å². The van der Waals surface area contributed by atoms with Gasteiger partial charge in [-0.1, -0.05) is 41.4 Å². The number of aliphatic carboxylic acids is 1. The molecule has 2 aromatic heterocycles. The summed E-state index contributed by atoms with van der Waals surface area (Å²) >= 11 is 12.6. The second kappa shape index (κ2) is 10.2. The Morgan fingerprint density at radius 3 is 2.55 bits per heavy atom. The second-order valence-electron chi connectivity index (χ2n) is 8.21. The average Bonchev–Trinajstić information content (AvgIpc) is 3.34. The van der Waals surface area contributed by atoms with Gasteiger partial charge in [0.2, 0.25) is 5.82 Å². The number of aromatic nitrogens is 2. The Labute approximate surface area is 225 Å². The Bertz CT molecular complexity index is 1770. The van der Waals surface area contributed by atoms with Gasteiger partial charge < -0.3 is 19.0 Å². The molecule has 0 radical (unpaired) electrons. The van der Waals surface area contributed by atoms with Crippen LogP contribution < -0.4 is 15.0 Å². The third kappa shape index (κ3) is 4.69.